The van der Waals surface area contributed by atoms with Gasteiger partial charge in [-0.05, 0) is 29.3 Å². The van der Waals surface area contributed by atoms with Gasteiger partial charge in [-0.1, -0.05) is 72.8 Å². The summed E-state index contributed by atoms with van der Waals surface area (Å²) in [6, 6.07) is 32.0. The average Bonchev–Trinajstić information content (AvgIpc) is 3.12. The smallest absolute Gasteiger partial charge is 0.159 e. The molecule has 0 aliphatic carbocycles. The van der Waals surface area contributed by atoms with E-state index in [0.29, 0.717) is 0 Å². The molecule has 0 spiro atoms. The number of hydrogen-bond donors (Lipinski definition) is 0. The van der Waals surface area contributed by atoms with Crippen LogP contribution in [0, 0.1) is 0 Å². The van der Waals surface area contributed by atoms with Crippen LogP contribution in [0.3, 0.4) is 0 Å². The largest absolute Gasteiger partial charge is 0.454 e. The number of hydrogen-bond acceptors (Lipinski definition) is 2. The summed E-state index contributed by atoms with van der Waals surface area (Å²) >= 11 is 0. The number of benzene rings is 4. The maximum atomic E-state index is 6.30. The molecular formula is C25H17NO. The molecule has 0 atom stereocenters. The third-order valence-electron chi connectivity index (χ3n) is 5.51. The van der Waals surface area contributed by atoms with Crippen LogP contribution in [0.15, 0.2) is 95.4 Å². The van der Waals surface area contributed by atoms with Crippen LogP contribution in [-0.2, 0) is 6.54 Å². The third kappa shape index (κ3) is 2.07. The first-order chi connectivity index (χ1) is 13.4. The summed E-state index contributed by atoms with van der Waals surface area (Å²) in [7, 11) is 0. The first kappa shape index (κ1) is 14.6. The minimum Gasteiger partial charge on any atom is -0.454 e. The molecule has 0 amide bonds. The van der Waals surface area contributed by atoms with Gasteiger partial charge in [0.15, 0.2) is 5.58 Å². The van der Waals surface area contributed by atoms with Crippen molar-refractivity contribution in [3.63, 3.8) is 0 Å². The summed E-state index contributed by atoms with van der Waals surface area (Å²) in [5, 5.41) is 2.33. The molecule has 0 saturated carbocycles. The lowest BCUT2D eigenvalue weighted by molar-refractivity contribution is 0.667. The van der Waals surface area contributed by atoms with Gasteiger partial charge in [-0.15, -0.1) is 0 Å². The van der Waals surface area contributed by atoms with Gasteiger partial charge in [-0.2, -0.15) is 0 Å². The molecule has 27 heavy (non-hydrogen) atoms. The molecular weight excluding hydrogens is 330 g/mol. The first-order valence-corrected chi connectivity index (χ1v) is 9.25. The summed E-state index contributed by atoms with van der Waals surface area (Å²) in [6.45, 7) is 0.837. The zero-order chi connectivity index (χ0) is 17.8. The number of nitrogens with zero attached hydrogens (tertiary/aromatic N) is 1. The molecule has 6 rings (SSSR count). The molecule has 2 nitrogen and oxygen atoms in total. The topological polar surface area (TPSA) is 16.4 Å². The van der Waals surface area contributed by atoms with E-state index in [4.69, 9.17) is 4.42 Å². The van der Waals surface area contributed by atoms with Crippen molar-refractivity contribution in [1.29, 1.82) is 0 Å². The SMILES string of the molecule is c1ccc2c(c1)CN(c1cccc3c1oc1ccccc13)c1ccccc1-2. The third-order valence-corrected chi connectivity index (χ3v) is 5.51. The molecule has 5 aromatic rings. The molecule has 1 aliphatic rings. The number of rotatable bonds is 1. The standard InChI is InChI=1S/C25H17NO/c1-2-9-18-17(8-1)16-26(22-13-5-3-10-19(18)22)23-14-7-12-21-20-11-4-6-15-24(20)27-25(21)23/h1-15H,16H2. The lowest BCUT2D eigenvalue weighted by Crippen LogP contribution is -2.21. The molecule has 0 fully saturated rings. The van der Waals surface area contributed by atoms with Crippen molar-refractivity contribution in [1.82, 2.24) is 0 Å². The van der Waals surface area contributed by atoms with Gasteiger partial charge in [0.1, 0.15) is 5.58 Å². The zero-order valence-electron chi connectivity index (χ0n) is 14.7. The van der Waals surface area contributed by atoms with Crippen LogP contribution in [0.5, 0.6) is 0 Å². The van der Waals surface area contributed by atoms with Gasteiger partial charge < -0.3 is 9.32 Å². The van der Waals surface area contributed by atoms with Crippen molar-refractivity contribution < 1.29 is 4.42 Å². The van der Waals surface area contributed by atoms with Gasteiger partial charge in [0.25, 0.3) is 0 Å². The van der Waals surface area contributed by atoms with E-state index in [0.717, 1.165) is 23.4 Å². The Labute approximate surface area is 157 Å². The van der Waals surface area contributed by atoms with Gasteiger partial charge >= 0.3 is 0 Å². The highest BCUT2D eigenvalue weighted by Crippen LogP contribution is 2.45. The molecule has 0 bridgehead atoms. The first-order valence-electron chi connectivity index (χ1n) is 9.25. The Kier molecular flexibility index (Phi) is 2.97. The molecule has 2 heteroatoms. The summed E-state index contributed by atoms with van der Waals surface area (Å²) < 4.78 is 6.30. The second-order valence-electron chi connectivity index (χ2n) is 7.01. The number of para-hydroxylation sites is 3. The number of furan rings is 1. The van der Waals surface area contributed by atoms with Crippen molar-refractivity contribution in [3.05, 3.63) is 96.6 Å². The Balaban J connectivity index is 1.64. The minimum atomic E-state index is 0.837. The fraction of sp³-hybridized carbons (Fsp3) is 0.0400. The predicted octanol–water partition coefficient (Wildman–Crippen LogP) is 6.90. The van der Waals surface area contributed by atoms with E-state index < -0.39 is 0 Å². The van der Waals surface area contributed by atoms with Gasteiger partial charge in [0.05, 0.1) is 5.69 Å². The molecule has 0 radical (unpaired) electrons. The summed E-state index contributed by atoms with van der Waals surface area (Å²) in [5.74, 6) is 0. The Morgan fingerprint density at radius 1 is 0.593 bits per heavy atom. The normalized spacial score (nSPS) is 13.0. The monoisotopic (exact) mass is 347 g/mol. The second kappa shape index (κ2) is 5.49. The Bertz CT molecular complexity index is 1310. The fourth-order valence-electron chi connectivity index (χ4n) is 4.27. The van der Waals surface area contributed by atoms with E-state index in [1.807, 2.05) is 12.1 Å². The lowest BCUT2D eigenvalue weighted by atomic mass is 9.93. The Hall–Kier alpha value is -3.52. The lowest BCUT2D eigenvalue weighted by Gasteiger charge is -2.32. The summed E-state index contributed by atoms with van der Waals surface area (Å²) in [6.07, 6.45) is 0. The van der Waals surface area contributed by atoms with Gasteiger partial charge in [-0.25, -0.2) is 0 Å². The molecule has 4 aromatic carbocycles. The van der Waals surface area contributed by atoms with Crippen LogP contribution >= 0.6 is 0 Å². The van der Waals surface area contributed by atoms with Crippen molar-refractivity contribution in [2.24, 2.45) is 0 Å². The van der Waals surface area contributed by atoms with E-state index in [2.05, 4.69) is 83.8 Å². The predicted molar refractivity (Wildman–Crippen MR) is 111 cm³/mol. The molecule has 0 saturated heterocycles. The zero-order valence-corrected chi connectivity index (χ0v) is 14.7. The van der Waals surface area contributed by atoms with Crippen LogP contribution < -0.4 is 4.90 Å². The van der Waals surface area contributed by atoms with Crippen LogP contribution in [0.4, 0.5) is 11.4 Å². The van der Waals surface area contributed by atoms with E-state index in [9.17, 15) is 0 Å². The molecule has 2 heterocycles. The van der Waals surface area contributed by atoms with Crippen LogP contribution in [0.25, 0.3) is 33.1 Å². The van der Waals surface area contributed by atoms with E-state index in [1.165, 1.54) is 33.2 Å². The van der Waals surface area contributed by atoms with E-state index in [-0.39, 0.29) is 0 Å². The van der Waals surface area contributed by atoms with Crippen molar-refractivity contribution in [2.45, 2.75) is 6.54 Å². The van der Waals surface area contributed by atoms with Crippen molar-refractivity contribution in [3.8, 4) is 11.1 Å². The number of anilines is 2. The summed E-state index contributed by atoms with van der Waals surface area (Å²) in [4.78, 5) is 2.38. The quantitative estimate of drug-likeness (QED) is 0.328. The molecule has 1 aliphatic heterocycles. The van der Waals surface area contributed by atoms with E-state index >= 15 is 0 Å². The maximum absolute atomic E-state index is 6.30. The highest BCUT2D eigenvalue weighted by atomic mass is 16.3. The fourth-order valence-corrected chi connectivity index (χ4v) is 4.27. The van der Waals surface area contributed by atoms with Crippen LogP contribution in [0.2, 0.25) is 0 Å². The Morgan fingerprint density at radius 2 is 1.30 bits per heavy atom. The maximum Gasteiger partial charge on any atom is 0.159 e. The molecule has 1 aromatic heterocycles. The highest BCUT2D eigenvalue weighted by Gasteiger charge is 2.25. The minimum absolute atomic E-state index is 0.837. The Morgan fingerprint density at radius 3 is 2.26 bits per heavy atom. The molecule has 0 unspecified atom stereocenters. The average molecular weight is 347 g/mol. The number of fused-ring (bicyclic) bond motifs is 6. The van der Waals surface area contributed by atoms with Gasteiger partial charge in [0.2, 0.25) is 0 Å². The molecule has 128 valence electrons. The van der Waals surface area contributed by atoms with E-state index in [1.54, 1.807) is 0 Å². The van der Waals surface area contributed by atoms with Crippen LogP contribution in [0.1, 0.15) is 5.56 Å². The van der Waals surface area contributed by atoms with Gasteiger partial charge in [0, 0.05) is 28.6 Å². The second-order valence-corrected chi connectivity index (χ2v) is 7.01. The molecule has 0 N–H and O–H groups in total. The highest BCUT2D eigenvalue weighted by molar-refractivity contribution is 6.10. The van der Waals surface area contributed by atoms with Crippen molar-refractivity contribution >= 4 is 33.3 Å². The summed E-state index contributed by atoms with van der Waals surface area (Å²) in [5.41, 5.74) is 8.16. The van der Waals surface area contributed by atoms with Gasteiger partial charge in [-0.3, -0.25) is 0 Å². The van der Waals surface area contributed by atoms with Crippen molar-refractivity contribution in [2.75, 3.05) is 4.90 Å². The van der Waals surface area contributed by atoms with Crippen LogP contribution in [-0.4, -0.2) is 0 Å².